The van der Waals surface area contributed by atoms with Crippen LogP contribution in [0.15, 0.2) is 41.2 Å². The highest BCUT2D eigenvalue weighted by atomic mass is 35.5. The summed E-state index contributed by atoms with van der Waals surface area (Å²) in [7, 11) is 0. The fourth-order valence-electron chi connectivity index (χ4n) is 2.38. The summed E-state index contributed by atoms with van der Waals surface area (Å²) in [6, 6.07) is 11.3. The Morgan fingerprint density at radius 1 is 1.13 bits per heavy atom. The Morgan fingerprint density at radius 3 is 2.78 bits per heavy atom. The first-order valence-corrected chi connectivity index (χ1v) is 7.90. The van der Waals surface area contributed by atoms with Gasteiger partial charge in [-0.15, -0.1) is 0 Å². The Bertz CT molecular complexity index is 870. The number of hydrogen-bond acceptors (Lipinski definition) is 3. The molecule has 3 N–H and O–H groups in total. The number of hydrogen-bond donors (Lipinski definition) is 3. The Morgan fingerprint density at radius 2 is 1.96 bits per heavy atom. The standard InChI is InChI=1S/C17H18ClN3O2/c1-2-7-23-16-6-3-12(18)8-11(16)10-19-13-4-5-14-15(9-13)21-17(22)20-14/h3-6,8-9,19H,2,7,10H2,1H3,(H2,20,21,22). The first-order valence-electron chi connectivity index (χ1n) is 7.53. The van der Waals surface area contributed by atoms with Gasteiger partial charge in [-0.2, -0.15) is 0 Å². The number of halogens is 1. The van der Waals surface area contributed by atoms with Crippen LogP contribution in [0.2, 0.25) is 5.02 Å². The van der Waals surface area contributed by atoms with Crippen LogP contribution < -0.4 is 15.7 Å². The molecule has 0 atom stereocenters. The Labute approximate surface area is 138 Å². The van der Waals surface area contributed by atoms with E-state index in [4.69, 9.17) is 16.3 Å². The lowest BCUT2D eigenvalue weighted by Crippen LogP contribution is -2.04. The molecule has 1 heterocycles. The molecule has 0 unspecified atom stereocenters. The molecule has 120 valence electrons. The summed E-state index contributed by atoms with van der Waals surface area (Å²) in [6.07, 6.45) is 0.951. The number of nitrogens with one attached hydrogen (secondary N) is 3. The third-order valence-electron chi connectivity index (χ3n) is 3.48. The molecule has 23 heavy (non-hydrogen) atoms. The van der Waals surface area contributed by atoms with Crippen molar-refractivity contribution < 1.29 is 4.74 Å². The molecule has 2 aromatic carbocycles. The van der Waals surface area contributed by atoms with Crippen LogP contribution in [0.25, 0.3) is 11.0 Å². The number of aromatic nitrogens is 2. The van der Waals surface area contributed by atoms with Crippen molar-refractivity contribution in [1.82, 2.24) is 9.97 Å². The minimum atomic E-state index is -0.206. The SMILES string of the molecule is CCCOc1ccc(Cl)cc1CNc1ccc2[nH]c(=O)[nH]c2c1. The van der Waals surface area contributed by atoms with E-state index < -0.39 is 0 Å². The van der Waals surface area contributed by atoms with Crippen LogP contribution in [0.5, 0.6) is 5.75 Å². The van der Waals surface area contributed by atoms with Gasteiger partial charge in [-0.3, -0.25) is 0 Å². The van der Waals surface area contributed by atoms with Gasteiger partial charge in [-0.05, 0) is 42.8 Å². The number of anilines is 1. The van der Waals surface area contributed by atoms with Crippen LogP contribution in [0.1, 0.15) is 18.9 Å². The van der Waals surface area contributed by atoms with Crippen molar-refractivity contribution in [3.05, 3.63) is 57.5 Å². The molecule has 0 radical (unpaired) electrons. The van der Waals surface area contributed by atoms with E-state index in [1.807, 2.05) is 36.4 Å². The van der Waals surface area contributed by atoms with E-state index in [0.717, 1.165) is 34.5 Å². The fourth-order valence-corrected chi connectivity index (χ4v) is 2.57. The van der Waals surface area contributed by atoms with Crippen molar-refractivity contribution in [2.75, 3.05) is 11.9 Å². The van der Waals surface area contributed by atoms with E-state index >= 15 is 0 Å². The van der Waals surface area contributed by atoms with Crippen LogP contribution in [-0.2, 0) is 6.54 Å². The number of imidazole rings is 1. The fraction of sp³-hybridized carbons (Fsp3) is 0.235. The number of rotatable bonds is 6. The van der Waals surface area contributed by atoms with E-state index in [9.17, 15) is 4.79 Å². The lowest BCUT2D eigenvalue weighted by Gasteiger charge is -2.13. The summed E-state index contributed by atoms with van der Waals surface area (Å²) in [5.74, 6) is 0.833. The number of benzene rings is 2. The van der Waals surface area contributed by atoms with E-state index in [0.29, 0.717) is 18.2 Å². The molecule has 5 nitrogen and oxygen atoms in total. The highest BCUT2D eigenvalue weighted by Gasteiger charge is 2.06. The second kappa shape index (κ2) is 6.79. The van der Waals surface area contributed by atoms with Crippen LogP contribution in [0.4, 0.5) is 5.69 Å². The average Bonchev–Trinajstić information content (AvgIpc) is 2.91. The minimum Gasteiger partial charge on any atom is -0.493 e. The van der Waals surface area contributed by atoms with Crippen molar-refractivity contribution in [1.29, 1.82) is 0 Å². The molecule has 3 aromatic rings. The van der Waals surface area contributed by atoms with Gasteiger partial charge in [-0.25, -0.2) is 4.79 Å². The summed E-state index contributed by atoms with van der Waals surface area (Å²) in [6.45, 7) is 3.33. The molecule has 0 bridgehead atoms. The van der Waals surface area contributed by atoms with Gasteiger partial charge in [0.1, 0.15) is 5.75 Å². The zero-order valence-corrected chi connectivity index (χ0v) is 13.5. The summed E-state index contributed by atoms with van der Waals surface area (Å²) in [5.41, 5.74) is 3.26. The van der Waals surface area contributed by atoms with Crippen LogP contribution in [0.3, 0.4) is 0 Å². The number of aromatic amines is 2. The van der Waals surface area contributed by atoms with Crippen molar-refractivity contribution in [2.24, 2.45) is 0 Å². The zero-order valence-electron chi connectivity index (χ0n) is 12.8. The molecule has 0 fully saturated rings. The summed E-state index contributed by atoms with van der Waals surface area (Å²) in [5, 5.41) is 4.01. The smallest absolute Gasteiger partial charge is 0.323 e. The van der Waals surface area contributed by atoms with Gasteiger partial charge in [0.2, 0.25) is 0 Å². The monoisotopic (exact) mass is 331 g/mol. The molecule has 0 spiro atoms. The number of H-pyrrole nitrogens is 2. The van der Waals surface area contributed by atoms with Crippen molar-refractivity contribution in [3.8, 4) is 5.75 Å². The topological polar surface area (TPSA) is 69.9 Å². The van der Waals surface area contributed by atoms with E-state index in [-0.39, 0.29) is 5.69 Å². The molecule has 0 aliphatic carbocycles. The van der Waals surface area contributed by atoms with Crippen molar-refractivity contribution in [3.63, 3.8) is 0 Å². The second-order valence-electron chi connectivity index (χ2n) is 5.29. The van der Waals surface area contributed by atoms with Gasteiger partial charge in [0, 0.05) is 22.8 Å². The molecule has 6 heteroatoms. The van der Waals surface area contributed by atoms with Gasteiger partial charge < -0.3 is 20.0 Å². The Balaban J connectivity index is 1.78. The number of fused-ring (bicyclic) bond motifs is 1. The van der Waals surface area contributed by atoms with Crippen LogP contribution in [0, 0.1) is 0 Å². The molecule has 0 aliphatic rings. The molecule has 0 aliphatic heterocycles. The predicted octanol–water partition coefficient (Wildman–Crippen LogP) is 3.91. The first-order chi connectivity index (χ1) is 11.2. The molecule has 3 rings (SSSR count). The molecule has 0 amide bonds. The van der Waals surface area contributed by atoms with Gasteiger partial charge in [0.05, 0.1) is 17.6 Å². The third kappa shape index (κ3) is 3.68. The van der Waals surface area contributed by atoms with Crippen molar-refractivity contribution in [2.45, 2.75) is 19.9 Å². The molecule has 1 aromatic heterocycles. The quantitative estimate of drug-likeness (QED) is 0.641. The maximum Gasteiger partial charge on any atom is 0.323 e. The largest absolute Gasteiger partial charge is 0.493 e. The first kappa shape index (κ1) is 15.5. The van der Waals surface area contributed by atoms with Crippen molar-refractivity contribution >= 4 is 28.3 Å². The average molecular weight is 332 g/mol. The van der Waals surface area contributed by atoms with Gasteiger partial charge in [0.15, 0.2) is 0 Å². The lowest BCUT2D eigenvalue weighted by molar-refractivity contribution is 0.314. The highest BCUT2D eigenvalue weighted by molar-refractivity contribution is 6.30. The van der Waals surface area contributed by atoms with E-state index in [2.05, 4.69) is 22.2 Å². The minimum absolute atomic E-state index is 0.206. The second-order valence-corrected chi connectivity index (χ2v) is 5.73. The van der Waals surface area contributed by atoms with Crippen LogP contribution in [-0.4, -0.2) is 16.6 Å². The molecular weight excluding hydrogens is 314 g/mol. The van der Waals surface area contributed by atoms with E-state index in [1.165, 1.54) is 0 Å². The summed E-state index contributed by atoms with van der Waals surface area (Å²) >= 11 is 6.09. The molecule has 0 saturated heterocycles. The maximum absolute atomic E-state index is 11.3. The van der Waals surface area contributed by atoms with Gasteiger partial charge >= 0.3 is 5.69 Å². The van der Waals surface area contributed by atoms with E-state index in [1.54, 1.807) is 0 Å². The normalized spacial score (nSPS) is 10.9. The van der Waals surface area contributed by atoms with Gasteiger partial charge in [-0.1, -0.05) is 18.5 Å². The molecular formula is C17H18ClN3O2. The number of ether oxygens (including phenoxy) is 1. The Hall–Kier alpha value is -2.40. The maximum atomic E-state index is 11.3. The third-order valence-corrected chi connectivity index (χ3v) is 3.72. The van der Waals surface area contributed by atoms with Gasteiger partial charge in [0.25, 0.3) is 0 Å². The molecule has 0 saturated carbocycles. The summed E-state index contributed by atoms with van der Waals surface area (Å²) in [4.78, 5) is 16.8. The zero-order chi connectivity index (χ0) is 16.2. The Kier molecular flexibility index (Phi) is 4.57. The lowest BCUT2D eigenvalue weighted by atomic mass is 10.2. The van der Waals surface area contributed by atoms with Crippen LogP contribution >= 0.6 is 11.6 Å². The summed E-state index contributed by atoms with van der Waals surface area (Å²) < 4.78 is 5.75. The predicted molar refractivity (Wildman–Crippen MR) is 93.5 cm³/mol. The highest BCUT2D eigenvalue weighted by Crippen LogP contribution is 2.24.